The number of para-hydroxylation sites is 1. The summed E-state index contributed by atoms with van der Waals surface area (Å²) < 4.78 is 5.35. The molecule has 0 bridgehead atoms. The molecule has 1 aromatic carbocycles. The fourth-order valence-electron chi connectivity index (χ4n) is 3.12. The smallest absolute Gasteiger partial charge is 0.407 e. The molecule has 2 aromatic rings. The first-order valence-electron chi connectivity index (χ1n) is 8.43. The van der Waals surface area contributed by atoms with E-state index >= 15 is 0 Å². The highest BCUT2D eigenvalue weighted by Crippen LogP contribution is 2.29. The van der Waals surface area contributed by atoms with E-state index in [0.29, 0.717) is 0 Å². The van der Waals surface area contributed by atoms with Gasteiger partial charge in [0.05, 0.1) is 11.6 Å². The fourth-order valence-corrected chi connectivity index (χ4v) is 3.12. The number of nitrogens with one attached hydrogen (secondary N) is 1. The van der Waals surface area contributed by atoms with Crippen LogP contribution in [0.5, 0.6) is 0 Å². The van der Waals surface area contributed by atoms with Crippen LogP contribution < -0.4 is 10.2 Å². The Kier molecular flexibility index (Phi) is 4.35. The van der Waals surface area contributed by atoms with Crippen molar-refractivity contribution < 1.29 is 9.53 Å². The van der Waals surface area contributed by atoms with Crippen LogP contribution in [0.2, 0.25) is 0 Å². The number of anilines is 1. The Morgan fingerprint density at radius 1 is 1.33 bits per heavy atom. The Morgan fingerprint density at radius 3 is 2.83 bits per heavy atom. The molecule has 1 aromatic heterocycles. The highest BCUT2D eigenvalue weighted by Gasteiger charge is 2.27. The summed E-state index contributed by atoms with van der Waals surface area (Å²) in [7, 11) is 0. The Hall–Kier alpha value is -2.30. The third kappa shape index (κ3) is 3.78. The summed E-state index contributed by atoms with van der Waals surface area (Å²) in [4.78, 5) is 18.9. The van der Waals surface area contributed by atoms with Gasteiger partial charge < -0.3 is 15.0 Å². The first kappa shape index (κ1) is 16.6. The van der Waals surface area contributed by atoms with Crippen molar-refractivity contribution >= 4 is 22.7 Å². The van der Waals surface area contributed by atoms with Crippen molar-refractivity contribution in [2.24, 2.45) is 0 Å². The molecule has 0 saturated carbocycles. The van der Waals surface area contributed by atoms with Gasteiger partial charge >= 0.3 is 6.09 Å². The number of alkyl carbamates (subject to hydrolysis) is 1. The van der Waals surface area contributed by atoms with Crippen LogP contribution >= 0.6 is 0 Å². The Balaban J connectivity index is 1.73. The molecule has 1 unspecified atom stereocenters. The van der Waals surface area contributed by atoms with Gasteiger partial charge in [0.15, 0.2) is 0 Å². The zero-order chi connectivity index (χ0) is 17.3. The van der Waals surface area contributed by atoms with E-state index < -0.39 is 5.60 Å². The van der Waals surface area contributed by atoms with Crippen LogP contribution in [0.3, 0.4) is 0 Å². The number of ether oxygens (including phenoxy) is 1. The molecule has 1 N–H and O–H groups in total. The summed E-state index contributed by atoms with van der Waals surface area (Å²) in [6, 6.07) is 10.4. The zero-order valence-corrected chi connectivity index (χ0v) is 14.8. The van der Waals surface area contributed by atoms with E-state index in [9.17, 15) is 4.79 Å². The topological polar surface area (TPSA) is 54.5 Å². The lowest BCUT2D eigenvalue weighted by Crippen LogP contribution is -2.40. The Morgan fingerprint density at radius 2 is 2.08 bits per heavy atom. The molecule has 5 heteroatoms. The number of hydrogen-bond acceptors (Lipinski definition) is 4. The summed E-state index contributed by atoms with van der Waals surface area (Å²) >= 11 is 0. The van der Waals surface area contributed by atoms with E-state index in [1.165, 1.54) is 5.69 Å². The Labute approximate surface area is 143 Å². The molecule has 128 valence electrons. The molecule has 1 aliphatic heterocycles. The van der Waals surface area contributed by atoms with Crippen molar-refractivity contribution in [2.75, 3.05) is 18.0 Å². The first-order chi connectivity index (χ1) is 11.3. The minimum Gasteiger partial charge on any atom is -0.444 e. The molecule has 1 saturated heterocycles. The van der Waals surface area contributed by atoms with Gasteiger partial charge in [0.25, 0.3) is 0 Å². The normalized spacial score (nSPS) is 18.0. The predicted octanol–water partition coefficient (Wildman–Crippen LogP) is 3.65. The summed E-state index contributed by atoms with van der Waals surface area (Å²) in [5, 5.41) is 4.13. The lowest BCUT2D eigenvalue weighted by atomic mass is 10.1. The predicted molar refractivity (Wildman–Crippen MR) is 96.5 cm³/mol. The number of pyridine rings is 1. The number of amides is 1. The van der Waals surface area contributed by atoms with Crippen LogP contribution in [0.4, 0.5) is 10.5 Å². The number of hydrogen-bond donors (Lipinski definition) is 1. The fraction of sp³-hybridized carbons (Fsp3) is 0.474. The summed E-state index contributed by atoms with van der Waals surface area (Å²) in [6.07, 6.45) is 0.569. The standard InChI is InChI=1S/C19H25N3O2/c1-13-11-17(15-7-5-6-8-16(15)20-13)22-10-9-14(12-22)21-18(23)24-19(2,3)4/h5-8,11,14H,9-10,12H2,1-4H3,(H,21,23). The summed E-state index contributed by atoms with van der Waals surface area (Å²) in [5.74, 6) is 0. The number of rotatable bonds is 2. The van der Waals surface area contributed by atoms with E-state index in [-0.39, 0.29) is 12.1 Å². The second-order valence-corrected chi connectivity index (χ2v) is 7.38. The molecule has 0 aliphatic carbocycles. The lowest BCUT2D eigenvalue weighted by molar-refractivity contribution is 0.0509. The van der Waals surface area contributed by atoms with Gasteiger partial charge in [-0.3, -0.25) is 4.98 Å². The molecule has 1 aliphatic rings. The number of carbonyl (C=O) groups excluding carboxylic acids is 1. The van der Waals surface area contributed by atoms with E-state index in [1.807, 2.05) is 45.9 Å². The largest absolute Gasteiger partial charge is 0.444 e. The first-order valence-corrected chi connectivity index (χ1v) is 8.43. The van der Waals surface area contributed by atoms with Crippen LogP contribution in [-0.4, -0.2) is 35.8 Å². The molecule has 5 nitrogen and oxygen atoms in total. The monoisotopic (exact) mass is 327 g/mol. The maximum absolute atomic E-state index is 12.0. The average Bonchev–Trinajstić information content (AvgIpc) is 2.92. The van der Waals surface area contributed by atoms with Crippen molar-refractivity contribution in [3.8, 4) is 0 Å². The van der Waals surface area contributed by atoms with Gasteiger partial charge in [-0.2, -0.15) is 0 Å². The van der Waals surface area contributed by atoms with Crippen molar-refractivity contribution in [3.63, 3.8) is 0 Å². The van der Waals surface area contributed by atoms with Gasteiger partial charge in [0, 0.05) is 29.9 Å². The number of benzene rings is 1. The Bertz CT molecular complexity index is 752. The highest BCUT2D eigenvalue weighted by molar-refractivity contribution is 5.92. The van der Waals surface area contributed by atoms with Crippen molar-refractivity contribution in [2.45, 2.75) is 45.8 Å². The SMILES string of the molecule is Cc1cc(N2CCC(NC(=O)OC(C)(C)C)C2)c2ccccc2n1. The van der Waals surface area contributed by atoms with Gasteiger partial charge in [-0.1, -0.05) is 18.2 Å². The zero-order valence-electron chi connectivity index (χ0n) is 14.8. The third-order valence-corrected chi connectivity index (χ3v) is 4.07. The summed E-state index contributed by atoms with van der Waals surface area (Å²) in [6.45, 7) is 9.33. The van der Waals surface area contributed by atoms with E-state index in [1.54, 1.807) is 0 Å². The molecule has 24 heavy (non-hydrogen) atoms. The second-order valence-electron chi connectivity index (χ2n) is 7.38. The van der Waals surface area contributed by atoms with Crippen LogP contribution in [0.15, 0.2) is 30.3 Å². The van der Waals surface area contributed by atoms with E-state index in [2.05, 4.69) is 27.3 Å². The van der Waals surface area contributed by atoms with E-state index in [4.69, 9.17) is 4.74 Å². The maximum Gasteiger partial charge on any atom is 0.407 e. The van der Waals surface area contributed by atoms with Crippen LogP contribution in [0.1, 0.15) is 32.9 Å². The minimum absolute atomic E-state index is 0.104. The molecule has 1 fully saturated rings. The van der Waals surface area contributed by atoms with Crippen LogP contribution in [-0.2, 0) is 4.74 Å². The minimum atomic E-state index is -0.471. The number of aryl methyl sites for hydroxylation is 1. The van der Waals surface area contributed by atoms with Gasteiger partial charge in [-0.05, 0) is 46.2 Å². The molecule has 1 amide bonds. The van der Waals surface area contributed by atoms with Crippen molar-refractivity contribution in [3.05, 3.63) is 36.0 Å². The molecular formula is C19H25N3O2. The van der Waals surface area contributed by atoms with Gasteiger partial charge in [0.1, 0.15) is 5.60 Å². The summed E-state index contributed by atoms with van der Waals surface area (Å²) in [5.41, 5.74) is 2.73. The number of aromatic nitrogens is 1. The lowest BCUT2D eigenvalue weighted by Gasteiger charge is -2.23. The third-order valence-electron chi connectivity index (χ3n) is 4.07. The van der Waals surface area contributed by atoms with Crippen LogP contribution in [0, 0.1) is 6.92 Å². The quantitative estimate of drug-likeness (QED) is 0.915. The molecule has 3 rings (SSSR count). The van der Waals surface area contributed by atoms with Gasteiger partial charge in [0.2, 0.25) is 0 Å². The second kappa shape index (κ2) is 6.30. The molecular weight excluding hydrogens is 302 g/mol. The van der Waals surface area contributed by atoms with Crippen molar-refractivity contribution in [1.82, 2.24) is 10.3 Å². The number of nitrogens with zero attached hydrogens (tertiary/aromatic N) is 2. The maximum atomic E-state index is 12.0. The average molecular weight is 327 g/mol. The van der Waals surface area contributed by atoms with Crippen LogP contribution in [0.25, 0.3) is 10.9 Å². The van der Waals surface area contributed by atoms with Gasteiger partial charge in [-0.25, -0.2) is 4.79 Å². The van der Waals surface area contributed by atoms with Gasteiger partial charge in [-0.15, -0.1) is 0 Å². The molecule has 1 atom stereocenters. The van der Waals surface area contributed by atoms with Crippen molar-refractivity contribution in [1.29, 1.82) is 0 Å². The molecule has 0 radical (unpaired) electrons. The molecule has 0 spiro atoms. The highest BCUT2D eigenvalue weighted by atomic mass is 16.6. The number of carbonyl (C=O) groups is 1. The number of fused-ring (bicyclic) bond motifs is 1. The van der Waals surface area contributed by atoms with E-state index in [0.717, 1.165) is 36.1 Å². The molecule has 2 heterocycles.